The highest BCUT2D eigenvalue weighted by Crippen LogP contribution is 2.30. The van der Waals surface area contributed by atoms with Gasteiger partial charge in [0.25, 0.3) is 0 Å². The van der Waals surface area contributed by atoms with Gasteiger partial charge >= 0.3 is 23.9 Å². The number of halogens is 2. The number of benzodiazepines with no additional fused rings is 1. The monoisotopic (exact) mass is 716 g/mol. The van der Waals surface area contributed by atoms with Crippen molar-refractivity contribution in [1.82, 2.24) is 9.80 Å². The number of carboxylic acids is 4. The van der Waals surface area contributed by atoms with Crippen molar-refractivity contribution in [2.24, 2.45) is 4.99 Å². The van der Waals surface area contributed by atoms with E-state index in [1.807, 2.05) is 6.07 Å². The van der Waals surface area contributed by atoms with Crippen molar-refractivity contribution in [1.29, 1.82) is 0 Å². The first-order valence-corrected chi connectivity index (χ1v) is 15.5. The zero-order valence-corrected chi connectivity index (χ0v) is 27.7. The van der Waals surface area contributed by atoms with Crippen molar-refractivity contribution in [2.45, 2.75) is 6.42 Å². The fourth-order valence-electron chi connectivity index (χ4n) is 4.75. The maximum Gasteiger partial charge on any atom is 0.328 e. The van der Waals surface area contributed by atoms with Crippen molar-refractivity contribution in [3.05, 3.63) is 102 Å². The molecule has 2 aromatic rings. The fourth-order valence-corrected chi connectivity index (χ4v) is 4.92. The molecule has 2 aliphatic heterocycles. The second-order valence-electron chi connectivity index (χ2n) is 10.4. The van der Waals surface area contributed by atoms with Gasteiger partial charge in [-0.2, -0.15) is 0 Å². The second-order valence-corrected chi connectivity index (χ2v) is 10.9. The first kappa shape index (κ1) is 40.8. The van der Waals surface area contributed by atoms with E-state index in [4.69, 9.17) is 36.8 Å². The van der Waals surface area contributed by atoms with Crippen LogP contribution in [0, 0.1) is 5.82 Å². The number of hydrogen-bond donors (Lipinski definition) is 4. The highest BCUT2D eigenvalue weighted by molar-refractivity contribution is 6.32. The molecule has 4 N–H and O–H groups in total. The van der Waals surface area contributed by atoms with Crippen LogP contribution in [0.1, 0.15) is 17.5 Å². The largest absolute Gasteiger partial charge is 0.500 e. The Morgan fingerprint density at radius 3 is 1.88 bits per heavy atom. The highest BCUT2D eigenvalue weighted by Gasteiger charge is 2.27. The van der Waals surface area contributed by atoms with E-state index in [9.17, 15) is 28.4 Å². The van der Waals surface area contributed by atoms with E-state index in [0.717, 1.165) is 51.4 Å². The summed E-state index contributed by atoms with van der Waals surface area (Å²) in [6.07, 6.45) is 4.55. The van der Waals surface area contributed by atoms with E-state index in [0.29, 0.717) is 59.3 Å². The van der Waals surface area contributed by atoms with Crippen LogP contribution in [-0.4, -0.2) is 125 Å². The summed E-state index contributed by atoms with van der Waals surface area (Å²) >= 11 is 6.29. The number of fused-ring (bicyclic) bond motifs is 1. The summed E-state index contributed by atoms with van der Waals surface area (Å²) in [6, 6.07) is 11.9. The highest BCUT2D eigenvalue weighted by atomic mass is 35.5. The number of anilines is 1. The molecule has 0 spiro atoms. The maximum atomic E-state index is 14.6. The molecular formula is C34H38ClFN4O10. The van der Waals surface area contributed by atoms with E-state index in [1.165, 1.54) is 12.3 Å². The zero-order chi connectivity index (χ0) is 37.1. The predicted octanol–water partition coefficient (Wildman–Crippen LogP) is 3.25. The van der Waals surface area contributed by atoms with Crippen LogP contribution < -0.4 is 4.90 Å². The summed E-state index contributed by atoms with van der Waals surface area (Å²) in [5.74, 6) is -5.50. The number of carboxylic acid groups (broad SMARTS) is 4. The molecule has 14 nitrogen and oxygen atoms in total. The lowest BCUT2D eigenvalue weighted by Gasteiger charge is -2.35. The topological polar surface area (TPSA) is 198 Å². The van der Waals surface area contributed by atoms with E-state index in [1.54, 1.807) is 35.2 Å². The van der Waals surface area contributed by atoms with Gasteiger partial charge in [-0.15, -0.1) is 0 Å². The molecular weight excluding hydrogens is 679 g/mol. The number of carbonyl (C=O) groups is 5. The Bertz CT molecular complexity index is 1540. The van der Waals surface area contributed by atoms with Crippen molar-refractivity contribution >= 4 is 52.8 Å². The van der Waals surface area contributed by atoms with Gasteiger partial charge in [-0.3, -0.25) is 14.7 Å². The molecule has 268 valence electrons. The number of rotatable bonds is 13. The summed E-state index contributed by atoms with van der Waals surface area (Å²) in [6.45, 7) is 10.6. The Morgan fingerprint density at radius 2 is 1.36 bits per heavy atom. The Morgan fingerprint density at radius 1 is 0.820 bits per heavy atom. The number of nitrogens with zero attached hydrogens (tertiary/aromatic N) is 4. The van der Waals surface area contributed by atoms with Crippen molar-refractivity contribution in [3.8, 4) is 0 Å². The summed E-state index contributed by atoms with van der Waals surface area (Å²) in [5, 5.41) is 31.8. The van der Waals surface area contributed by atoms with Gasteiger partial charge < -0.3 is 35.0 Å². The summed E-state index contributed by atoms with van der Waals surface area (Å²) in [7, 11) is 0. The molecule has 50 heavy (non-hydrogen) atoms. The molecule has 0 aliphatic carbocycles. The number of ether oxygens (including phenoxy) is 1. The number of aliphatic imine (C=N–C) groups is 1. The molecule has 16 heteroatoms. The van der Waals surface area contributed by atoms with Gasteiger partial charge in [0, 0.05) is 79.7 Å². The molecule has 0 unspecified atom stereocenters. The molecule has 1 fully saturated rings. The van der Waals surface area contributed by atoms with Gasteiger partial charge in [0.2, 0.25) is 5.91 Å². The molecule has 2 aromatic carbocycles. The lowest BCUT2D eigenvalue weighted by atomic mass is 9.99. The number of amides is 1. The molecule has 0 radical (unpaired) electrons. The first-order valence-electron chi connectivity index (χ1n) is 15.2. The first-order chi connectivity index (χ1) is 23.8. The Balaban J connectivity index is 0.000000450. The molecule has 0 saturated carbocycles. The number of hydrogen-bond acceptors (Lipinski definition) is 9. The van der Waals surface area contributed by atoms with Gasteiger partial charge in [-0.1, -0.05) is 30.3 Å². The van der Waals surface area contributed by atoms with Crippen molar-refractivity contribution in [2.75, 3.05) is 63.9 Å². The third-order valence-electron chi connectivity index (χ3n) is 7.01. The molecule has 0 aromatic heterocycles. The van der Waals surface area contributed by atoms with Gasteiger partial charge in [0.05, 0.1) is 24.3 Å². The Kier molecular flexibility index (Phi) is 17.6. The lowest BCUT2D eigenvalue weighted by molar-refractivity contribution is -0.134. The number of benzene rings is 2. The molecule has 2 aliphatic rings. The molecule has 0 bridgehead atoms. The van der Waals surface area contributed by atoms with E-state index in [-0.39, 0.29) is 18.3 Å². The molecule has 2 heterocycles. The summed E-state index contributed by atoms with van der Waals surface area (Å²) in [4.78, 5) is 62.3. The minimum Gasteiger partial charge on any atom is -0.500 e. The smallest absolute Gasteiger partial charge is 0.328 e. The van der Waals surface area contributed by atoms with Crippen LogP contribution in [0.4, 0.5) is 10.1 Å². The quantitative estimate of drug-likeness (QED) is 0.134. The number of aliphatic carboxylic acids is 4. The van der Waals surface area contributed by atoms with Crippen LogP contribution in [-0.2, 0) is 28.7 Å². The van der Waals surface area contributed by atoms with Crippen LogP contribution in [0.15, 0.2) is 84.6 Å². The summed E-state index contributed by atoms with van der Waals surface area (Å²) < 4.78 is 19.8. The molecule has 0 atom stereocenters. The van der Waals surface area contributed by atoms with Crippen LogP contribution in [0.25, 0.3) is 0 Å². The standard InChI is InChI=1S/C26H30ClFN4O2.2C4H4O4/c1-2-34-17-16-31-14-12-30(13-15-31)10-5-11-32-24-9-8-20(27)18-22(24)26(29-19-25(32)33)21-6-3-4-7-23(21)28;2*5-3(6)1-2-4(7)8/h2-4,6-9,18H,1,5,10-17,19H2;2*1-2H,(H,5,6)(H,7,8)/b;2*2-1-. The SMILES string of the molecule is C=COCCN1CCN(CCCN2C(=O)CN=C(c3ccccc3F)c3cc(Cl)ccc32)CC1.O=C(O)/C=C\C(=O)O.O=C(O)/C=C\C(=O)O. The minimum absolute atomic E-state index is 0.0264. The van der Waals surface area contributed by atoms with Crippen LogP contribution in [0.3, 0.4) is 0 Å². The third-order valence-corrected chi connectivity index (χ3v) is 7.24. The summed E-state index contributed by atoms with van der Waals surface area (Å²) in [5.41, 5.74) is 2.24. The van der Waals surface area contributed by atoms with E-state index >= 15 is 0 Å². The van der Waals surface area contributed by atoms with Gasteiger partial charge in [0.1, 0.15) is 12.4 Å². The van der Waals surface area contributed by atoms with E-state index < -0.39 is 23.9 Å². The second kappa shape index (κ2) is 21.6. The normalized spacial score (nSPS) is 14.7. The number of carbonyl (C=O) groups excluding carboxylic acids is 1. The Labute approximate surface area is 292 Å². The third kappa shape index (κ3) is 14.8. The van der Waals surface area contributed by atoms with Crippen LogP contribution >= 0.6 is 11.6 Å². The van der Waals surface area contributed by atoms with Gasteiger partial charge in [-0.05, 0) is 43.3 Å². The van der Waals surface area contributed by atoms with Crippen LogP contribution in [0.2, 0.25) is 5.02 Å². The van der Waals surface area contributed by atoms with Crippen molar-refractivity contribution < 1.29 is 53.5 Å². The molecule has 4 rings (SSSR count). The van der Waals surface area contributed by atoms with Gasteiger partial charge in [0.15, 0.2) is 0 Å². The fraction of sp³-hybridized carbons (Fsp3) is 0.294. The van der Waals surface area contributed by atoms with Gasteiger partial charge in [-0.25, -0.2) is 23.6 Å². The van der Waals surface area contributed by atoms with Crippen molar-refractivity contribution in [3.63, 3.8) is 0 Å². The maximum absolute atomic E-state index is 14.6. The minimum atomic E-state index is -1.26. The average molecular weight is 717 g/mol. The van der Waals surface area contributed by atoms with E-state index in [2.05, 4.69) is 21.4 Å². The predicted molar refractivity (Wildman–Crippen MR) is 183 cm³/mol. The lowest BCUT2D eigenvalue weighted by Crippen LogP contribution is -2.47. The number of piperazine rings is 1. The average Bonchev–Trinajstić information content (AvgIpc) is 3.20. The molecule has 1 amide bonds. The molecule has 1 saturated heterocycles. The zero-order valence-electron chi connectivity index (χ0n) is 27.0. The van der Waals surface area contributed by atoms with Crippen LogP contribution in [0.5, 0.6) is 0 Å². The Hall–Kier alpha value is -5.38.